The average Bonchev–Trinajstić information content (AvgIpc) is 3.35. The Morgan fingerprint density at radius 3 is 2.73 bits per heavy atom. The Morgan fingerprint density at radius 1 is 1.08 bits per heavy atom. The van der Waals surface area contributed by atoms with Crippen LogP contribution in [0.25, 0.3) is 23.0 Å². The van der Waals surface area contributed by atoms with E-state index < -0.39 is 0 Å². The molecule has 0 unspecified atom stereocenters. The fourth-order valence-electron chi connectivity index (χ4n) is 2.71. The molecule has 0 bridgehead atoms. The van der Waals surface area contributed by atoms with Crippen molar-refractivity contribution in [3.05, 3.63) is 67.2 Å². The van der Waals surface area contributed by atoms with Crippen LogP contribution < -0.4 is 5.32 Å². The van der Waals surface area contributed by atoms with Gasteiger partial charge in [0.15, 0.2) is 11.6 Å². The van der Waals surface area contributed by atoms with Crippen LogP contribution in [0.4, 0.5) is 5.69 Å². The Balaban J connectivity index is 1.46. The number of hydrogen-bond donors (Lipinski definition) is 1. The van der Waals surface area contributed by atoms with Gasteiger partial charge in [0.1, 0.15) is 5.82 Å². The molecule has 0 saturated heterocycles. The lowest BCUT2D eigenvalue weighted by Crippen LogP contribution is -2.11. The van der Waals surface area contributed by atoms with Crippen LogP contribution in [0.3, 0.4) is 0 Å². The first-order valence-electron chi connectivity index (χ1n) is 8.33. The number of nitrogens with zero attached hydrogens (tertiary/aromatic N) is 5. The van der Waals surface area contributed by atoms with Crippen molar-refractivity contribution in [2.24, 2.45) is 0 Å². The fourth-order valence-corrected chi connectivity index (χ4v) is 2.71. The molecule has 4 aromatic rings. The van der Waals surface area contributed by atoms with Crippen LogP contribution in [-0.2, 0) is 6.54 Å². The van der Waals surface area contributed by atoms with E-state index in [2.05, 4.69) is 29.8 Å². The molecule has 26 heavy (non-hydrogen) atoms. The number of furan rings is 1. The summed E-state index contributed by atoms with van der Waals surface area (Å²) in [6.07, 6.45) is 12.5. The minimum atomic E-state index is 0.562. The molecule has 7 nitrogen and oxygen atoms in total. The number of imidazole rings is 1. The largest absolute Gasteiger partial charge is 0.461 e. The van der Waals surface area contributed by atoms with Gasteiger partial charge < -0.3 is 14.3 Å². The maximum Gasteiger partial charge on any atom is 0.195 e. The van der Waals surface area contributed by atoms with Crippen LogP contribution in [0.5, 0.6) is 0 Å². The highest BCUT2D eigenvalue weighted by Gasteiger charge is 2.09. The Hall–Kier alpha value is -3.48. The summed E-state index contributed by atoms with van der Waals surface area (Å²) in [6, 6.07) is 5.63. The van der Waals surface area contributed by atoms with Gasteiger partial charge in [-0.05, 0) is 30.7 Å². The molecule has 0 aliphatic carbocycles. The second-order valence-electron chi connectivity index (χ2n) is 5.83. The lowest BCUT2D eigenvalue weighted by Gasteiger charge is -2.11. The Morgan fingerprint density at radius 2 is 1.96 bits per heavy atom. The summed E-state index contributed by atoms with van der Waals surface area (Å²) >= 11 is 0. The molecule has 0 radical (unpaired) electrons. The third-order valence-electron chi connectivity index (χ3n) is 4.06. The normalized spacial score (nSPS) is 10.8. The van der Waals surface area contributed by atoms with Crippen molar-refractivity contribution < 1.29 is 4.42 Å². The number of rotatable bonds is 6. The first-order valence-corrected chi connectivity index (χ1v) is 8.33. The Kier molecular flexibility index (Phi) is 4.42. The molecule has 0 fully saturated rings. The van der Waals surface area contributed by atoms with E-state index in [-0.39, 0.29) is 0 Å². The molecule has 130 valence electrons. The van der Waals surface area contributed by atoms with Crippen molar-refractivity contribution in [1.82, 2.24) is 24.5 Å². The monoisotopic (exact) mass is 346 g/mol. The quantitative estimate of drug-likeness (QED) is 0.576. The van der Waals surface area contributed by atoms with Gasteiger partial charge in [-0.2, -0.15) is 0 Å². The minimum absolute atomic E-state index is 0.562. The van der Waals surface area contributed by atoms with Gasteiger partial charge in [0, 0.05) is 56.0 Å². The number of pyridine rings is 1. The lowest BCUT2D eigenvalue weighted by molar-refractivity contribution is 0.577. The maximum atomic E-state index is 5.32. The molecule has 4 aromatic heterocycles. The van der Waals surface area contributed by atoms with Gasteiger partial charge >= 0.3 is 0 Å². The van der Waals surface area contributed by atoms with Gasteiger partial charge in [0.25, 0.3) is 0 Å². The van der Waals surface area contributed by atoms with Crippen LogP contribution in [0.2, 0.25) is 0 Å². The third-order valence-corrected chi connectivity index (χ3v) is 4.06. The molecule has 0 atom stereocenters. The second-order valence-corrected chi connectivity index (χ2v) is 5.83. The molecule has 0 amide bonds. The van der Waals surface area contributed by atoms with E-state index in [1.54, 1.807) is 31.1 Å². The maximum absolute atomic E-state index is 5.32. The summed E-state index contributed by atoms with van der Waals surface area (Å²) in [5.41, 5.74) is 3.08. The number of hydrogen-bond acceptors (Lipinski definition) is 6. The zero-order valence-corrected chi connectivity index (χ0v) is 14.3. The molecule has 1 N–H and O–H groups in total. The molecule has 0 saturated carbocycles. The van der Waals surface area contributed by atoms with Crippen LogP contribution >= 0.6 is 0 Å². The number of aryl methyl sites for hydroxylation is 1. The molecule has 0 aliphatic rings. The van der Waals surface area contributed by atoms with Crippen molar-refractivity contribution in [3.8, 4) is 23.0 Å². The van der Waals surface area contributed by atoms with Gasteiger partial charge in [-0.1, -0.05) is 0 Å². The van der Waals surface area contributed by atoms with E-state index in [0.717, 1.165) is 35.7 Å². The first-order chi connectivity index (χ1) is 12.8. The van der Waals surface area contributed by atoms with Gasteiger partial charge in [-0.25, -0.2) is 15.0 Å². The average molecular weight is 346 g/mol. The van der Waals surface area contributed by atoms with Crippen molar-refractivity contribution in [3.63, 3.8) is 0 Å². The summed E-state index contributed by atoms with van der Waals surface area (Å²) in [7, 11) is 0. The zero-order chi connectivity index (χ0) is 17.8. The molecule has 0 aromatic carbocycles. The van der Waals surface area contributed by atoms with Gasteiger partial charge in [0.2, 0.25) is 0 Å². The molecule has 0 aliphatic heterocycles. The summed E-state index contributed by atoms with van der Waals surface area (Å²) in [5.74, 6) is 2.05. The van der Waals surface area contributed by atoms with E-state index in [1.807, 2.05) is 37.5 Å². The first kappa shape index (κ1) is 16.0. The third kappa shape index (κ3) is 3.32. The molecule has 7 heteroatoms. The standard InChI is InChI=1S/C19H18N6O/c1-14-11-20-5-4-16(14)21-6-8-25-9-7-22-19(25)15-12-23-18(24-13-15)17-3-2-10-26-17/h2-5,7,9-13H,6,8H2,1H3,(H,20,21). The van der Waals surface area contributed by atoms with Gasteiger partial charge in [-0.3, -0.25) is 4.98 Å². The van der Waals surface area contributed by atoms with E-state index in [1.165, 1.54) is 0 Å². The van der Waals surface area contributed by atoms with Crippen LogP contribution in [0, 0.1) is 6.92 Å². The zero-order valence-electron chi connectivity index (χ0n) is 14.3. The molecule has 4 rings (SSSR count). The molecule has 4 heterocycles. The van der Waals surface area contributed by atoms with E-state index in [0.29, 0.717) is 11.6 Å². The predicted octanol–water partition coefficient (Wildman–Crippen LogP) is 3.42. The van der Waals surface area contributed by atoms with Gasteiger partial charge in [-0.15, -0.1) is 0 Å². The van der Waals surface area contributed by atoms with Crippen molar-refractivity contribution in [1.29, 1.82) is 0 Å². The Labute approximate surface area is 150 Å². The fraction of sp³-hybridized carbons (Fsp3) is 0.158. The van der Waals surface area contributed by atoms with Crippen molar-refractivity contribution >= 4 is 5.69 Å². The number of anilines is 1. The van der Waals surface area contributed by atoms with Crippen LogP contribution in [0.1, 0.15) is 5.56 Å². The van der Waals surface area contributed by atoms with Gasteiger partial charge in [0.05, 0.1) is 11.8 Å². The molecular weight excluding hydrogens is 328 g/mol. The summed E-state index contributed by atoms with van der Waals surface area (Å²) in [5, 5.41) is 3.43. The highest BCUT2D eigenvalue weighted by molar-refractivity contribution is 5.56. The number of aromatic nitrogens is 5. The number of nitrogens with one attached hydrogen (secondary N) is 1. The van der Waals surface area contributed by atoms with Crippen LogP contribution in [0.15, 0.2) is 66.1 Å². The summed E-state index contributed by atoms with van der Waals surface area (Å²) < 4.78 is 7.40. The van der Waals surface area contributed by atoms with E-state index in [9.17, 15) is 0 Å². The highest BCUT2D eigenvalue weighted by atomic mass is 16.3. The van der Waals surface area contributed by atoms with Crippen molar-refractivity contribution in [2.75, 3.05) is 11.9 Å². The van der Waals surface area contributed by atoms with Crippen LogP contribution in [-0.4, -0.2) is 31.0 Å². The minimum Gasteiger partial charge on any atom is -0.461 e. The molecular formula is C19H18N6O. The lowest BCUT2D eigenvalue weighted by atomic mass is 10.2. The van der Waals surface area contributed by atoms with E-state index >= 15 is 0 Å². The van der Waals surface area contributed by atoms with Crippen molar-refractivity contribution in [2.45, 2.75) is 13.5 Å². The van der Waals surface area contributed by atoms with E-state index in [4.69, 9.17) is 4.42 Å². The summed E-state index contributed by atoms with van der Waals surface area (Å²) in [4.78, 5) is 17.3. The smallest absolute Gasteiger partial charge is 0.195 e. The topological polar surface area (TPSA) is 81.7 Å². The molecule has 0 spiro atoms. The Bertz CT molecular complexity index is 975. The predicted molar refractivity (Wildman–Crippen MR) is 98.4 cm³/mol. The highest BCUT2D eigenvalue weighted by Crippen LogP contribution is 2.19. The SMILES string of the molecule is Cc1cnccc1NCCn1ccnc1-c1cnc(-c2ccco2)nc1. The second kappa shape index (κ2) is 7.18. The summed E-state index contributed by atoms with van der Waals surface area (Å²) in [6.45, 7) is 3.59.